The van der Waals surface area contributed by atoms with Gasteiger partial charge in [0.25, 0.3) is 0 Å². The summed E-state index contributed by atoms with van der Waals surface area (Å²) < 4.78 is 20.7. The molecule has 0 aliphatic rings. The number of benzene rings is 1. The second kappa shape index (κ2) is 10.2. The van der Waals surface area contributed by atoms with E-state index in [2.05, 4.69) is 0 Å². The third kappa shape index (κ3) is 6.54. The van der Waals surface area contributed by atoms with Gasteiger partial charge in [-0.3, -0.25) is 0 Å². The molecule has 1 atom stereocenters. The molecule has 1 aromatic rings. The molecule has 1 aromatic carbocycles. The van der Waals surface area contributed by atoms with Gasteiger partial charge < -0.3 is 18.9 Å². The molecule has 0 aliphatic carbocycles. The Labute approximate surface area is 119 Å². The summed E-state index contributed by atoms with van der Waals surface area (Å²) in [5.74, 6) is 0. The van der Waals surface area contributed by atoms with Crippen LogP contribution < -0.4 is 0 Å². The zero-order valence-corrected chi connectivity index (χ0v) is 12.0. The van der Waals surface area contributed by atoms with Gasteiger partial charge in [-0.25, -0.2) is 4.79 Å². The molecule has 20 heavy (non-hydrogen) atoms. The zero-order chi connectivity index (χ0) is 14.6. The molecule has 0 bridgehead atoms. The van der Waals surface area contributed by atoms with E-state index >= 15 is 0 Å². The highest BCUT2D eigenvalue weighted by atomic mass is 16.7. The van der Waals surface area contributed by atoms with E-state index in [1.165, 1.54) is 0 Å². The third-order valence-electron chi connectivity index (χ3n) is 2.52. The average Bonchev–Trinajstić information content (AvgIpc) is 2.47. The molecule has 0 aromatic heterocycles. The topological polar surface area (TPSA) is 54.0 Å². The standard InChI is InChI=1S/C15H22O5/c1-3-17-10-11-18-12-14(20-15(16)19-4-2)13-8-6-5-7-9-13/h5-9,14H,3-4,10-12H2,1-2H3. The van der Waals surface area contributed by atoms with Crippen molar-refractivity contribution >= 4 is 6.16 Å². The second-order valence-electron chi connectivity index (χ2n) is 3.97. The monoisotopic (exact) mass is 282 g/mol. The van der Waals surface area contributed by atoms with Crippen molar-refractivity contribution in [2.45, 2.75) is 20.0 Å². The predicted molar refractivity (Wildman–Crippen MR) is 74.6 cm³/mol. The molecule has 0 saturated carbocycles. The molecule has 0 heterocycles. The minimum absolute atomic E-state index is 0.274. The van der Waals surface area contributed by atoms with Gasteiger partial charge in [-0.1, -0.05) is 30.3 Å². The molecular formula is C15H22O5. The normalized spacial score (nSPS) is 11.9. The Morgan fingerprint density at radius 2 is 1.75 bits per heavy atom. The van der Waals surface area contributed by atoms with E-state index in [1.54, 1.807) is 6.92 Å². The number of hydrogen-bond acceptors (Lipinski definition) is 5. The molecule has 1 unspecified atom stereocenters. The van der Waals surface area contributed by atoms with E-state index in [-0.39, 0.29) is 13.2 Å². The Morgan fingerprint density at radius 3 is 2.40 bits per heavy atom. The largest absolute Gasteiger partial charge is 0.508 e. The van der Waals surface area contributed by atoms with E-state index in [4.69, 9.17) is 18.9 Å². The van der Waals surface area contributed by atoms with Gasteiger partial charge >= 0.3 is 6.16 Å². The minimum Gasteiger partial charge on any atom is -0.435 e. The summed E-state index contributed by atoms with van der Waals surface area (Å²) in [6.45, 7) is 5.86. The summed E-state index contributed by atoms with van der Waals surface area (Å²) in [6.07, 6.45) is -1.16. The highest BCUT2D eigenvalue weighted by Crippen LogP contribution is 2.18. The lowest BCUT2D eigenvalue weighted by Crippen LogP contribution is -2.18. The minimum atomic E-state index is -0.685. The Hall–Kier alpha value is -1.59. The fourth-order valence-electron chi connectivity index (χ4n) is 1.59. The Kier molecular flexibility index (Phi) is 8.42. The van der Waals surface area contributed by atoms with Crippen LogP contribution in [0.3, 0.4) is 0 Å². The maximum atomic E-state index is 11.4. The molecule has 1 rings (SSSR count). The van der Waals surface area contributed by atoms with E-state index in [0.717, 1.165) is 5.56 Å². The molecule has 0 saturated heterocycles. The number of carbonyl (C=O) groups is 1. The third-order valence-corrected chi connectivity index (χ3v) is 2.52. The highest BCUT2D eigenvalue weighted by molar-refractivity contribution is 5.60. The van der Waals surface area contributed by atoms with Crippen molar-refractivity contribution < 1.29 is 23.7 Å². The highest BCUT2D eigenvalue weighted by Gasteiger charge is 2.17. The lowest BCUT2D eigenvalue weighted by molar-refractivity contribution is -0.0272. The van der Waals surface area contributed by atoms with E-state index < -0.39 is 12.3 Å². The van der Waals surface area contributed by atoms with Gasteiger partial charge in [-0.2, -0.15) is 0 Å². The zero-order valence-electron chi connectivity index (χ0n) is 12.0. The van der Waals surface area contributed by atoms with Crippen LogP contribution in [-0.4, -0.2) is 39.2 Å². The molecule has 0 N–H and O–H groups in total. The number of ether oxygens (including phenoxy) is 4. The van der Waals surface area contributed by atoms with Gasteiger partial charge in [0.2, 0.25) is 0 Å². The molecule has 5 nitrogen and oxygen atoms in total. The summed E-state index contributed by atoms with van der Waals surface area (Å²) in [7, 11) is 0. The smallest absolute Gasteiger partial charge is 0.435 e. The van der Waals surface area contributed by atoms with Gasteiger partial charge in [-0.15, -0.1) is 0 Å². The van der Waals surface area contributed by atoms with E-state index in [1.807, 2.05) is 37.3 Å². The molecule has 112 valence electrons. The Bertz CT molecular complexity index is 366. The number of rotatable bonds is 9. The van der Waals surface area contributed by atoms with Gasteiger partial charge in [0, 0.05) is 6.61 Å². The van der Waals surface area contributed by atoms with Crippen LogP contribution in [0.1, 0.15) is 25.5 Å². The molecule has 0 spiro atoms. The summed E-state index contributed by atoms with van der Waals surface area (Å²) in [5.41, 5.74) is 0.872. The van der Waals surface area contributed by atoms with Crippen molar-refractivity contribution in [3.05, 3.63) is 35.9 Å². The quantitative estimate of drug-likeness (QED) is 0.515. The van der Waals surface area contributed by atoms with E-state index in [9.17, 15) is 4.79 Å². The Balaban J connectivity index is 2.49. The average molecular weight is 282 g/mol. The lowest BCUT2D eigenvalue weighted by Gasteiger charge is -2.18. The molecule has 0 aliphatic heterocycles. The van der Waals surface area contributed by atoms with Crippen molar-refractivity contribution in [1.29, 1.82) is 0 Å². The van der Waals surface area contributed by atoms with Crippen molar-refractivity contribution in [3.8, 4) is 0 Å². The van der Waals surface area contributed by atoms with Crippen LogP contribution >= 0.6 is 0 Å². The molecule has 0 fully saturated rings. The van der Waals surface area contributed by atoms with Crippen LogP contribution in [0.25, 0.3) is 0 Å². The first-order valence-electron chi connectivity index (χ1n) is 6.81. The fraction of sp³-hybridized carbons (Fsp3) is 0.533. The predicted octanol–water partition coefficient (Wildman–Crippen LogP) is 2.95. The van der Waals surface area contributed by atoms with Crippen molar-refractivity contribution in [2.24, 2.45) is 0 Å². The van der Waals surface area contributed by atoms with Crippen LogP contribution in [0.15, 0.2) is 30.3 Å². The first-order valence-corrected chi connectivity index (χ1v) is 6.81. The van der Waals surface area contributed by atoms with Gasteiger partial charge in [0.1, 0.15) is 0 Å². The van der Waals surface area contributed by atoms with Crippen LogP contribution in [0, 0.1) is 0 Å². The van der Waals surface area contributed by atoms with Crippen molar-refractivity contribution in [3.63, 3.8) is 0 Å². The van der Waals surface area contributed by atoms with Crippen molar-refractivity contribution in [1.82, 2.24) is 0 Å². The second-order valence-corrected chi connectivity index (χ2v) is 3.97. The van der Waals surface area contributed by atoms with Crippen LogP contribution in [0.2, 0.25) is 0 Å². The maximum Gasteiger partial charge on any atom is 0.508 e. The van der Waals surface area contributed by atoms with Crippen LogP contribution in [0.5, 0.6) is 0 Å². The molecule has 0 amide bonds. The molecule has 5 heteroatoms. The van der Waals surface area contributed by atoms with Gasteiger partial charge in [-0.05, 0) is 19.4 Å². The SMILES string of the molecule is CCOCCOCC(OC(=O)OCC)c1ccccc1. The summed E-state index contributed by atoms with van der Waals surface area (Å²) in [4.78, 5) is 11.4. The molecular weight excluding hydrogens is 260 g/mol. The first kappa shape index (κ1) is 16.5. The van der Waals surface area contributed by atoms with E-state index in [0.29, 0.717) is 19.8 Å². The van der Waals surface area contributed by atoms with Gasteiger partial charge in [0.15, 0.2) is 6.10 Å². The number of carbonyl (C=O) groups excluding carboxylic acids is 1. The summed E-state index contributed by atoms with van der Waals surface area (Å²) in [5, 5.41) is 0. The van der Waals surface area contributed by atoms with Gasteiger partial charge in [0.05, 0.1) is 26.4 Å². The summed E-state index contributed by atoms with van der Waals surface area (Å²) >= 11 is 0. The first-order chi connectivity index (χ1) is 9.77. The van der Waals surface area contributed by atoms with Crippen LogP contribution in [-0.2, 0) is 18.9 Å². The number of hydrogen-bond donors (Lipinski definition) is 0. The fourth-order valence-corrected chi connectivity index (χ4v) is 1.59. The maximum absolute atomic E-state index is 11.4. The summed E-state index contributed by atoms with van der Waals surface area (Å²) in [6, 6.07) is 9.44. The van der Waals surface area contributed by atoms with Crippen LogP contribution in [0.4, 0.5) is 4.79 Å². The molecule has 0 radical (unpaired) electrons. The lowest BCUT2D eigenvalue weighted by atomic mass is 10.1. The Morgan fingerprint density at radius 1 is 1.05 bits per heavy atom. The van der Waals surface area contributed by atoms with Crippen molar-refractivity contribution in [2.75, 3.05) is 33.0 Å².